The molecular weight excluding hydrogens is 374 g/mol. The Labute approximate surface area is 176 Å². The minimum Gasteiger partial charge on any atom is -0.345 e. The maximum Gasteiger partial charge on any atom is 0.254 e. The predicted molar refractivity (Wildman–Crippen MR) is 117 cm³/mol. The molecule has 30 heavy (non-hydrogen) atoms. The summed E-state index contributed by atoms with van der Waals surface area (Å²) in [4.78, 5) is 35.0. The van der Waals surface area contributed by atoms with Crippen LogP contribution in [0.2, 0.25) is 0 Å². The number of ketones is 1. The molecule has 1 aliphatic heterocycles. The van der Waals surface area contributed by atoms with Crippen LogP contribution in [0.1, 0.15) is 66.0 Å². The Morgan fingerprint density at radius 1 is 1.10 bits per heavy atom. The van der Waals surface area contributed by atoms with E-state index in [9.17, 15) is 9.59 Å². The third kappa shape index (κ3) is 2.51. The van der Waals surface area contributed by atoms with E-state index in [2.05, 4.69) is 47.8 Å². The predicted octanol–water partition coefficient (Wildman–Crippen LogP) is 4.52. The van der Waals surface area contributed by atoms with Crippen LogP contribution in [0.25, 0.3) is 11.0 Å². The lowest BCUT2D eigenvalue weighted by atomic mass is 9.51. The Hall–Kier alpha value is -2.95. The van der Waals surface area contributed by atoms with Gasteiger partial charge in [-0.05, 0) is 60.6 Å². The highest BCUT2D eigenvalue weighted by atomic mass is 16.2. The van der Waals surface area contributed by atoms with Gasteiger partial charge in [0.05, 0.1) is 17.4 Å². The average molecular weight is 402 g/mol. The molecule has 3 aromatic rings. The van der Waals surface area contributed by atoms with Gasteiger partial charge in [-0.25, -0.2) is 4.98 Å². The number of amides is 1. The summed E-state index contributed by atoms with van der Waals surface area (Å²) in [6.07, 6.45) is 3.35. The molecule has 2 bridgehead atoms. The topological polar surface area (TPSA) is 66.1 Å². The molecule has 5 rings (SSSR count). The van der Waals surface area contributed by atoms with Crippen LogP contribution < -0.4 is 0 Å². The van der Waals surface area contributed by atoms with Crippen molar-refractivity contribution in [2.75, 3.05) is 6.54 Å². The van der Waals surface area contributed by atoms with E-state index < -0.39 is 0 Å². The number of carbonyl (C=O) groups is 2. The standard InChI is InChI=1S/C25H27N3O2/c1-15(29)16-5-6-17-13-22-24(2,3)25(4,19(17)11-16)9-10-28(22)23(30)18-7-8-20-21(12-18)27-14-26-20/h5-8,11-12,14,22H,9-10,13H2,1-4H3,(H,26,27)/t22-,25+/m1/s1. The first-order valence-corrected chi connectivity index (χ1v) is 10.6. The quantitative estimate of drug-likeness (QED) is 0.642. The van der Waals surface area contributed by atoms with Crippen molar-refractivity contribution in [3.63, 3.8) is 0 Å². The second kappa shape index (κ2) is 6.27. The molecule has 2 aliphatic rings. The van der Waals surface area contributed by atoms with E-state index in [0.29, 0.717) is 12.1 Å². The van der Waals surface area contributed by atoms with Crippen LogP contribution >= 0.6 is 0 Å². The van der Waals surface area contributed by atoms with Crippen LogP contribution in [0.4, 0.5) is 0 Å². The van der Waals surface area contributed by atoms with E-state index in [1.54, 1.807) is 13.3 Å². The van der Waals surface area contributed by atoms with Crippen LogP contribution in [-0.2, 0) is 11.8 Å². The molecule has 0 spiro atoms. The van der Waals surface area contributed by atoms with Crippen molar-refractivity contribution in [3.8, 4) is 0 Å². The van der Waals surface area contributed by atoms with Crippen molar-refractivity contribution in [2.24, 2.45) is 5.41 Å². The van der Waals surface area contributed by atoms with Gasteiger partial charge in [0, 0.05) is 29.1 Å². The minimum absolute atomic E-state index is 0.0791. The highest BCUT2D eigenvalue weighted by Gasteiger charge is 2.56. The van der Waals surface area contributed by atoms with Crippen molar-refractivity contribution in [2.45, 2.75) is 52.0 Å². The van der Waals surface area contributed by atoms with Gasteiger partial charge in [0.25, 0.3) is 5.91 Å². The number of H-pyrrole nitrogens is 1. The maximum atomic E-state index is 13.6. The number of aromatic amines is 1. The number of fused-ring (bicyclic) bond motifs is 5. The van der Waals surface area contributed by atoms with Gasteiger partial charge in [-0.2, -0.15) is 0 Å². The van der Waals surface area contributed by atoms with Gasteiger partial charge in [0.15, 0.2) is 5.78 Å². The highest BCUT2D eigenvalue weighted by Crippen LogP contribution is 2.56. The molecule has 1 N–H and O–H groups in total. The SMILES string of the molecule is CC(=O)c1ccc2c(c1)[C@]1(C)CCN(C(=O)c3ccc4nc[nH]c4c3)[C@H](C2)C1(C)C. The smallest absolute Gasteiger partial charge is 0.254 e. The van der Waals surface area contributed by atoms with E-state index in [1.807, 2.05) is 24.3 Å². The number of benzene rings is 2. The Kier molecular flexibility index (Phi) is 3.98. The largest absolute Gasteiger partial charge is 0.345 e. The normalized spacial score (nSPS) is 24.5. The van der Waals surface area contributed by atoms with Crippen LogP contribution in [0.5, 0.6) is 0 Å². The lowest BCUT2D eigenvalue weighted by Crippen LogP contribution is -2.64. The summed E-state index contributed by atoms with van der Waals surface area (Å²) in [6, 6.07) is 11.9. The van der Waals surface area contributed by atoms with Crippen molar-refractivity contribution < 1.29 is 9.59 Å². The number of imidazole rings is 1. The first-order chi connectivity index (χ1) is 14.2. The second-order valence-corrected chi connectivity index (χ2v) is 9.58. The molecule has 0 saturated carbocycles. The number of likely N-dealkylation sites (tertiary alicyclic amines) is 1. The molecule has 1 saturated heterocycles. The lowest BCUT2D eigenvalue weighted by Gasteiger charge is -2.61. The number of nitrogens with zero attached hydrogens (tertiary/aromatic N) is 2. The Morgan fingerprint density at radius 3 is 2.63 bits per heavy atom. The summed E-state index contributed by atoms with van der Waals surface area (Å²) in [5.74, 6) is 0.179. The highest BCUT2D eigenvalue weighted by molar-refractivity contribution is 5.98. The van der Waals surface area contributed by atoms with Crippen LogP contribution in [-0.4, -0.2) is 39.1 Å². The second-order valence-electron chi connectivity index (χ2n) is 9.58. The number of rotatable bonds is 2. The number of carbonyl (C=O) groups excluding carboxylic acids is 2. The first kappa shape index (κ1) is 19.0. The van der Waals surface area contributed by atoms with Gasteiger partial charge in [0.2, 0.25) is 0 Å². The summed E-state index contributed by atoms with van der Waals surface area (Å²) < 4.78 is 0. The van der Waals surface area contributed by atoms with Crippen molar-refractivity contribution in [1.82, 2.24) is 14.9 Å². The van der Waals surface area contributed by atoms with E-state index in [0.717, 1.165) is 29.4 Å². The summed E-state index contributed by atoms with van der Waals surface area (Å²) in [5, 5.41) is 0. The number of hydrogen-bond acceptors (Lipinski definition) is 3. The van der Waals surface area contributed by atoms with Gasteiger partial charge >= 0.3 is 0 Å². The van der Waals surface area contributed by atoms with Gasteiger partial charge in [-0.1, -0.05) is 32.9 Å². The Bertz CT molecular complexity index is 1190. The summed E-state index contributed by atoms with van der Waals surface area (Å²) >= 11 is 0. The van der Waals surface area contributed by atoms with Crippen LogP contribution in [0.15, 0.2) is 42.7 Å². The fourth-order valence-corrected chi connectivity index (χ4v) is 5.60. The third-order valence-electron chi connectivity index (χ3n) is 7.94. The molecule has 2 aromatic carbocycles. The van der Waals surface area contributed by atoms with Gasteiger partial charge in [-0.3, -0.25) is 9.59 Å². The molecule has 2 heterocycles. The molecule has 0 unspecified atom stereocenters. The Morgan fingerprint density at radius 2 is 1.87 bits per heavy atom. The monoisotopic (exact) mass is 401 g/mol. The van der Waals surface area contributed by atoms with Crippen molar-refractivity contribution >= 4 is 22.7 Å². The number of hydrogen-bond donors (Lipinski definition) is 1. The van der Waals surface area contributed by atoms with E-state index in [-0.39, 0.29) is 28.6 Å². The van der Waals surface area contributed by atoms with Gasteiger partial charge in [-0.15, -0.1) is 0 Å². The molecule has 2 atom stereocenters. The Balaban J connectivity index is 1.56. The zero-order valence-corrected chi connectivity index (χ0v) is 18.0. The summed E-state index contributed by atoms with van der Waals surface area (Å²) in [7, 11) is 0. The van der Waals surface area contributed by atoms with E-state index in [1.165, 1.54) is 11.1 Å². The minimum atomic E-state index is -0.110. The molecule has 1 aliphatic carbocycles. The zero-order valence-electron chi connectivity index (χ0n) is 18.0. The molecule has 1 aromatic heterocycles. The van der Waals surface area contributed by atoms with Crippen molar-refractivity contribution in [3.05, 3.63) is 65.0 Å². The molecule has 1 amide bonds. The van der Waals surface area contributed by atoms with Crippen LogP contribution in [0, 0.1) is 5.41 Å². The van der Waals surface area contributed by atoms with E-state index >= 15 is 0 Å². The molecule has 1 fully saturated rings. The average Bonchev–Trinajstić information content (AvgIpc) is 3.18. The molecule has 5 nitrogen and oxygen atoms in total. The molecule has 154 valence electrons. The van der Waals surface area contributed by atoms with Gasteiger partial charge < -0.3 is 9.88 Å². The fourth-order valence-electron chi connectivity index (χ4n) is 5.60. The van der Waals surface area contributed by atoms with E-state index in [4.69, 9.17) is 0 Å². The third-order valence-corrected chi connectivity index (χ3v) is 7.94. The molecule has 5 heteroatoms. The number of nitrogens with one attached hydrogen (secondary N) is 1. The zero-order chi connectivity index (χ0) is 21.3. The fraction of sp³-hybridized carbons (Fsp3) is 0.400. The number of Topliss-reactive ketones (excluding diaryl/α,β-unsaturated/α-hetero) is 1. The van der Waals surface area contributed by atoms with Gasteiger partial charge in [0.1, 0.15) is 0 Å². The maximum absolute atomic E-state index is 13.6. The number of aromatic nitrogens is 2. The summed E-state index contributed by atoms with van der Waals surface area (Å²) in [5.41, 5.74) is 5.57. The molecular formula is C25H27N3O2. The molecule has 0 radical (unpaired) electrons. The van der Waals surface area contributed by atoms with Crippen molar-refractivity contribution in [1.29, 1.82) is 0 Å². The lowest BCUT2D eigenvalue weighted by molar-refractivity contribution is -0.0262. The number of piperidine rings is 1. The summed E-state index contributed by atoms with van der Waals surface area (Å²) in [6.45, 7) is 9.20. The first-order valence-electron chi connectivity index (χ1n) is 10.6. The van der Waals surface area contributed by atoms with Crippen LogP contribution in [0.3, 0.4) is 0 Å².